The highest BCUT2D eigenvalue weighted by Crippen LogP contribution is 2.22. The van der Waals surface area contributed by atoms with Gasteiger partial charge in [-0.2, -0.15) is 4.31 Å². The Labute approximate surface area is 167 Å². The van der Waals surface area contributed by atoms with Crippen molar-refractivity contribution in [1.29, 1.82) is 0 Å². The average molecular weight is 401 g/mol. The predicted octanol–water partition coefficient (Wildman–Crippen LogP) is 3.86. The second kappa shape index (κ2) is 9.34. The lowest BCUT2D eigenvalue weighted by atomic mass is 9.97. The topological polar surface area (TPSA) is 66.5 Å². The van der Waals surface area contributed by atoms with Gasteiger partial charge in [0.25, 0.3) is 0 Å². The van der Waals surface area contributed by atoms with Crippen LogP contribution in [0, 0.1) is 0 Å². The summed E-state index contributed by atoms with van der Waals surface area (Å²) in [6, 6.07) is 12.7. The van der Waals surface area contributed by atoms with E-state index in [0.717, 1.165) is 30.0 Å². The number of carbonyl (C=O) groups is 1. The van der Waals surface area contributed by atoms with Crippen LogP contribution in [0.1, 0.15) is 39.0 Å². The smallest absolute Gasteiger partial charge is 0.243 e. The molecule has 0 radical (unpaired) electrons. The molecule has 5 nitrogen and oxygen atoms in total. The Morgan fingerprint density at radius 1 is 1.11 bits per heavy atom. The summed E-state index contributed by atoms with van der Waals surface area (Å²) >= 11 is 0. The minimum atomic E-state index is -3.72. The van der Waals surface area contributed by atoms with Gasteiger partial charge < -0.3 is 5.32 Å². The van der Waals surface area contributed by atoms with E-state index in [0.29, 0.717) is 6.54 Å². The number of rotatable bonds is 8. The first-order valence-electron chi connectivity index (χ1n) is 9.94. The summed E-state index contributed by atoms with van der Waals surface area (Å²) in [7, 11) is -3.72. The molecule has 150 valence electrons. The van der Waals surface area contributed by atoms with E-state index in [-0.39, 0.29) is 23.9 Å². The van der Waals surface area contributed by atoms with Gasteiger partial charge in [0.2, 0.25) is 15.9 Å². The van der Waals surface area contributed by atoms with Crippen molar-refractivity contribution >= 4 is 26.7 Å². The van der Waals surface area contributed by atoms with Crippen LogP contribution in [0.25, 0.3) is 10.8 Å². The van der Waals surface area contributed by atoms with E-state index in [9.17, 15) is 13.2 Å². The normalized spacial score (nSPS) is 14.9. The molecule has 2 aromatic carbocycles. The first kappa shape index (κ1) is 20.6. The standard InChI is InChI=1S/C22H28N2O3S/c1-2-24(17-22(25)23-15-14-18-8-4-3-5-9-18)28(26,27)21-13-12-19-10-6-7-11-20(19)16-21/h6-8,10-13,16H,2-5,9,14-15,17H2,1H3,(H,23,25). The molecule has 0 aliphatic heterocycles. The van der Waals surface area contributed by atoms with Gasteiger partial charge >= 0.3 is 0 Å². The fourth-order valence-corrected chi connectivity index (χ4v) is 5.00. The number of sulfonamides is 1. The summed E-state index contributed by atoms with van der Waals surface area (Å²) in [5.74, 6) is -0.261. The molecule has 0 spiro atoms. The van der Waals surface area contributed by atoms with Gasteiger partial charge in [-0.3, -0.25) is 4.79 Å². The zero-order chi connectivity index (χ0) is 20.0. The van der Waals surface area contributed by atoms with Crippen LogP contribution in [0.15, 0.2) is 59.0 Å². The number of carbonyl (C=O) groups excluding carboxylic acids is 1. The fraction of sp³-hybridized carbons (Fsp3) is 0.409. The van der Waals surface area contributed by atoms with Gasteiger partial charge in [0.1, 0.15) is 0 Å². The number of benzene rings is 2. The molecule has 3 rings (SSSR count). The van der Waals surface area contributed by atoms with Crippen molar-refractivity contribution in [2.45, 2.75) is 43.9 Å². The molecule has 0 aromatic heterocycles. The van der Waals surface area contributed by atoms with E-state index in [2.05, 4.69) is 11.4 Å². The first-order valence-corrected chi connectivity index (χ1v) is 11.4. The number of amides is 1. The molecule has 0 saturated heterocycles. The van der Waals surface area contributed by atoms with Gasteiger partial charge in [0, 0.05) is 13.1 Å². The number of nitrogens with one attached hydrogen (secondary N) is 1. The number of likely N-dealkylation sites (N-methyl/N-ethyl adjacent to an activating group) is 1. The third-order valence-corrected chi connectivity index (χ3v) is 7.10. The van der Waals surface area contributed by atoms with E-state index in [1.807, 2.05) is 24.3 Å². The maximum atomic E-state index is 13.0. The number of allylic oxidation sites excluding steroid dienone is 1. The molecule has 0 unspecified atom stereocenters. The van der Waals surface area contributed by atoms with Gasteiger partial charge in [-0.15, -0.1) is 0 Å². The monoisotopic (exact) mass is 400 g/mol. The van der Waals surface area contributed by atoms with Crippen LogP contribution >= 0.6 is 0 Å². The van der Waals surface area contributed by atoms with Crippen molar-refractivity contribution in [1.82, 2.24) is 9.62 Å². The van der Waals surface area contributed by atoms with Gasteiger partial charge in [-0.1, -0.05) is 48.9 Å². The van der Waals surface area contributed by atoms with Crippen LogP contribution in [0.4, 0.5) is 0 Å². The van der Waals surface area contributed by atoms with Gasteiger partial charge in [0.05, 0.1) is 11.4 Å². The Balaban J connectivity index is 1.63. The van der Waals surface area contributed by atoms with E-state index < -0.39 is 10.0 Å². The molecule has 0 atom stereocenters. The summed E-state index contributed by atoms with van der Waals surface area (Å²) < 4.78 is 27.2. The molecule has 1 aliphatic rings. The van der Waals surface area contributed by atoms with Crippen LogP contribution in [0.3, 0.4) is 0 Å². The first-order chi connectivity index (χ1) is 13.5. The minimum absolute atomic E-state index is 0.162. The summed E-state index contributed by atoms with van der Waals surface area (Å²) in [6.07, 6.45) is 7.79. The lowest BCUT2D eigenvalue weighted by molar-refractivity contribution is -0.121. The molecule has 0 bridgehead atoms. The van der Waals surface area contributed by atoms with Crippen molar-refractivity contribution in [3.63, 3.8) is 0 Å². The van der Waals surface area contributed by atoms with Crippen molar-refractivity contribution in [3.8, 4) is 0 Å². The molecule has 2 aromatic rings. The van der Waals surface area contributed by atoms with Gasteiger partial charge in [0.15, 0.2) is 0 Å². The second-order valence-electron chi connectivity index (χ2n) is 7.15. The summed E-state index contributed by atoms with van der Waals surface area (Å²) in [6.45, 7) is 2.38. The van der Waals surface area contributed by atoms with Crippen molar-refractivity contribution < 1.29 is 13.2 Å². The molecular weight excluding hydrogens is 372 g/mol. The second-order valence-corrected chi connectivity index (χ2v) is 9.09. The van der Waals surface area contributed by atoms with Crippen LogP contribution in [-0.4, -0.2) is 38.3 Å². The fourth-order valence-electron chi connectivity index (χ4n) is 3.55. The maximum Gasteiger partial charge on any atom is 0.243 e. The molecular formula is C22H28N2O3S. The van der Waals surface area contributed by atoms with Crippen LogP contribution in [0.5, 0.6) is 0 Å². The zero-order valence-corrected chi connectivity index (χ0v) is 17.2. The number of nitrogens with zero attached hydrogens (tertiary/aromatic N) is 1. The largest absolute Gasteiger partial charge is 0.355 e. The van der Waals surface area contributed by atoms with Crippen LogP contribution < -0.4 is 5.32 Å². The molecule has 0 fully saturated rings. The third kappa shape index (κ3) is 5.00. The lowest BCUT2D eigenvalue weighted by Gasteiger charge is -2.20. The van der Waals surface area contributed by atoms with E-state index in [4.69, 9.17) is 0 Å². The number of hydrogen-bond donors (Lipinski definition) is 1. The highest BCUT2D eigenvalue weighted by atomic mass is 32.2. The highest BCUT2D eigenvalue weighted by molar-refractivity contribution is 7.89. The lowest BCUT2D eigenvalue weighted by Crippen LogP contribution is -2.40. The van der Waals surface area contributed by atoms with Crippen LogP contribution in [0.2, 0.25) is 0 Å². The third-order valence-electron chi connectivity index (χ3n) is 5.18. The maximum absolute atomic E-state index is 13.0. The van der Waals surface area contributed by atoms with Gasteiger partial charge in [-0.25, -0.2) is 8.42 Å². The summed E-state index contributed by atoms with van der Waals surface area (Å²) in [4.78, 5) is 12.5. The van der Waals surface area contributed by atoms with Crippen LogP contribution in [-0.2, 0) is 14.8 Å². The van der Waals surface area contributed by atoms with Gasteiger partial charge in [-0.05, 0) is 55.0 Å². The quantitative estimate of drug-likeness (QED) is 0.684. The number of hydrogen-bond acceptors (Lipinski definition) is 3. The Morgan fingerprint density at radius 2 is 1.89 bits per heavy atom. The zero-order valence-electron chi connectivity index (χ0n) is 16.4. The van der Waals surface area contributed by atoms with E-state index >= 15 is 0 Å². The van der Waals surface area contributed by atoms with Crippen molar-refractivity contribution in [3.05, 3.63) is 54.1 Å². The van der Waals surface area contributed by atoms with E-state index in [1.165, 1.54) is 22.7 Å². The Morgan fingerprint density at radius 3 is 2.61 bits per heavy atom. The SMILES string of the molecule is CCN(CC(=O)NCCC1=CCCCC1)S(=O)(=O)c1ccc2ccccc2c1. The average Bonchev–Trinajstić information content (AvgIpc) is 2.72. The Kier molecular flexibility index (Phi) is 6.86. The molecule has 1 amide bonds. The summed E-state index contributed by atoms with van der Waals surface area (Å²) in [5, 5.41) is 4.71. The van der Waals surface area contributed by atoms with E-state index in [1.54, 1.807) is 25.1 Å². The predicted molar refractivity (Wildman–Crippen MR) is 113 cm³/mol. The molecule has 1 N–H and O–H groups in total. The molecule has 0 heterocycles. The van der Waals surface area contributed by atoms with Crippen molar-refractivity contribution in [2.75, 3.05) is 19.6 Å². The Bertz CT molecular complexity index is 967. The molecule has 28 heavy (non-hydrogen) atoms. The molecule has 6 heteroatoms. The number of fused-ring (bicyclic) bond motifs is 1. The molecule has 0 saturated carbocycles. The summed E-state index contributed by atoms with van der Waals surface area (Å²) in [5.41, 5.74) is 1.39. The highest BCUT2D eigenvalue weighted by Gasteiger charge is 2.25. The molecule has 1 aliphatic carbocycles. The Hall–Kier alpha value is -2.18. The van der Waals surface area contributed by atoms with Crippen molar-refractivity contribution in [2.24, 2.45) is 0 Å². The minimum Gasteiger partial charge on any atom is -0.355 e.